The average Bonchev–Trinajstić information content (AvgIpc) is 2.67. The van der Waals surface area contributed by atoms with Crippen LogP contribution in [0.5, 0.6) is 5.75 Å². The van der Waals surface area contributed by atoms with Gasteiger partial charge in [-0.25, -0.2) is 0 Å². The lowest BCUT2D eigenvalue weighted by molar-refractivity contribution is -0.384. The third-order valence-electron chi connectivity index (χ3n) is 7.22. The molecule has 4 aliphatic carbocycles. The monoisotopic (exact) mass is 399 g/mol. The lowest BCUT2D eigenvalue weighted by Crippen LogP contribution is -2.52. The van der Waals surface area contributed by atoms with Gasteiger partial charge in [0, 0.05) is 18.7 Å². The van der Waals surface area contributed by atoms with Gasteiger partial charge in [-0.05, 0) is 67.8 Å². The highest BCUT2D eigenvalue weighted by molar-refractivity contribution is 6.02. The molecule has 1 heterocycles. The van der Waals surface area contributed by atoms with Gasteiger partial charge < -0.3 is 10.1 Å². The van der Waals surface area contributed by atoms with E-state index in [0.29, 0.717) is 12.3 Å². The topological polar surface area (TPSA) is 102 Å². The summed E-state index contributed by atoms with van der Waals surface area (Å²) in [6, 6.07) is 4.10. The SMILES string of the molecule is O=C(CN1C(=O)COc2ccc([N+](=O)[O-])cc21)NCC12CC3CC(CC(C3)C1)C2. The molecule has 6 rings (SSSR count). The first-order chi connectivity index (χ1) is 13.9. The summed E-state index contributed by atoms with van der Waals surface area (Å²) in [6.07, 6.45) is 7.65. The molecular formula is C21H25N3O5. The van der Waals surface area contributed by atoms with Crippen molar-refractivity contribution in [3.8, 4) is 5.75 Å². The number of nitro benzene ring substituents is 1. The van der Waals surface area contributed by atoms with Gasteiger partial charge in [-0.1, -0.05) is 0 Å². The number of fused-ring (bicyclic) bond motifs is 1. The first-order valence-electron chi connectivity index (χ1n) is 10.4. The maximum absolute atomic E-state index is 12.7. The maximum Gasteiger partial charge on any atom is 0.271 e. The third kappa shape index (κ3) is 3.34. The molecule has 1 aliphatic heterocycles. The molecule has 154 valence electrons. The smallest absolute Gasteiger partial charge is 0.271 e. The van der Waals surface area contributed by atoms with Gasteiger partial charge in [0.2, 0.25) is 5.91 Å². The van der Waals surface area contributed by atoms with Crippen molar-refractivity contribution in [3.05, 3.63) is 28.3 Å². The number of nitro groups is 1. The van der Waals surface area contributed by atoms with E-state index in [4.69, 9.17) is 4.74 Å². The Kier molecular flexibility index (Phi) is 4.26. The van der Waals surface area contributed by atoms with Crippen LogP contribution in [0.15, 0.2) is 18.2 Å². The van der Waals surface area contributed by atoms with Crippen LogP contribution >= 0.6 is 0 Å². The van der Waals surface area contributed by atoms with E-state index in [2.05, 4.69) is 5.32 Å². The molecule has 0 aromatic heterocycles. The molecule has 0 saturated heterocycles. The summed E-state index contributed by atoms with van der Waals surface area (Å²) in [5.41, 5.74) is 0.359. The second kappa shape index (κ2) is 6.71. The molecule has 1 N–H and O–H groups in total. The van der Waals surface area contributed by atoms with E-state index >= 15 is 0 Å². The molecule has 4 fully saturated rings. The first kappa shape index (κ1) is 18.4. The lowest BCUT2D eigenvalue weighted by atomic mass is 9.49. The van der Waals surface area contributed by atoms with Gasteiger partial charge in [0.1, 0.15) is 12.3 Å². The van der Waals surface area contributed by atoms with Crippen molar-refractivity contribution in [2.45, 2.75) is 38.5 Å². The fourth-order valence-electron chi connectivity index (χ4n) is 6.47. The first-order valence-corrected chi connectivity index (χ1v) is 10.4. The quantitative estimate of drug-likeness (QED) is 0.606. The number of rotatable bonds is 5. The molecule has 0 spiro atoms. The summed E-state index contributed by atoms with van der Waals surface area (Å²) in [5, 5.41) is 14.2. The van der Waals surface area contributed by atoms with Crippen LogP contribution in [0.2, 0.25) is 0 Å². The van der Waals surface area contributed by atoms with Crippen LogP contribution in [0.25, 0.3) is 0 Å². The van der Waals surface area contributed by atoms with Crippen LogP contribution in [0.4, 0.5) is 11.4 Å². The number of nitrogens with one attached hydrogen (secondary N) is 1. The van der Waals surface area contributed by atoms with E-state index < -0.39 is 4.92 Å². The summed E-state index contributed by atoms with van der Waals surface area (Å²) in [5.74, 6) is 2.21. The molecule has 4 saturated carbocycles. The van der Waals surface area contributed by atoms with Gasteiger partial charge >= 0.3 is 0 Å². The molecule has 8 heteroatoms. The fourth-order valence-corrected chi connectivity index (χ4v) is 6.47. The minimum atomic E-state index is -0.523. The predicted molar refractivity (Wildman–Crippen MR) is 105 cm³/mol. The van der Waals surface area contributed by atoms with Crippen LogP contribution in [-0.4, -0.2) is 36.4 Å². The van der Waals surface area contributed by atoms with Crippen molar-refractivity contribution >= 4 is 23.2 Å². The molecule has 1 aromatic rings. The summed E-state index contributed by atoms with van der Waals surface area (Å²) in [4.78, 5) is 36.9. The summed E-state index contributed by atoms with van der Waals surface area (Å²) < 4.78 is 5.36. The molecule has 1 aromatic carbocycles. The van der Waals surface area contributed by atoms with E-state index in [9.17, 15) is 19.7 Å². The van der Waals surface area contributed by atoms with Crippen LogP contribution in [0.3, 0.4) is 0 Å². The zero-order valence-electron chi connectivity index (χ0n) is 16.3. The molecule has 2 amide bonds. The second-order valence-electron chi connectivity index (χ2n) is 9.37. The summed E-state index contributed by atoms with van der Waals surface area (Å²) >= 11 is 0. The fraction of sp³-hybridized carbons (Fsp3) is 0.619. The molecule has 5 aliphatic rings. The van der Waals surface area contributed by atoms with Crippen molar-refractivity contribution in [3.63, 3.8) is 0 Å². The van der Waals surface area contributed by atoms with Crippen molar-refractivity contribution in [2.24, 2.45) is 23.2 Å². The predicted octanol–water partition coefficient (Wildman–Crippen LogP) is 2.65. The summed E-state index contributed by atoms with van der Waals surface area (Å²) in [6.45, 7) is 0.339. The molecule has 0 radical (unpaired) electrons. The Hall–Kier alpha value is -2.64. The Morgan fingerprint density at radius 2 is 1.86 bits per heavy atom. The van der Waals surface area contributed by atoms with Crippen LogP contribution in [0, 0.1) is 33.3 Å². The number of non-ortho nitro benzene ring substituents is 1. The Balaban J connectivity index is 1.27. The Morgan fingerprint density at radius 1 is 1.21 bits per heavy atom. The number of amides is 2. The largest absolute Gasteiger partial charge is 0.482 e. The number of hydrogen-bond acceptors (Lipinski definition) is 5. The minimum absolute atomic E-state index is 0.138. The standard InChI is InChI=1S/C21H25N3O5/c25-19(22-12-21-7-13-3-14(8-21)5-15(4-13)9-21)10-23-17-6-16(24(27)28)1-2-18(17)29-11-20(23)26/h1-2,6,13-15H,3-5,7-12H2,(H,22,25). The number of benzene rings is 1. The van der Waals surface area contributed by atoms with Gasteiger partial charge in [-0.2, -0.15) is 0 Å². The highest BCUT2D eigenvalue weighted by atomic mass is 16.6. The van der Waals surface area contributed by atoms with Gasteiger partial charge in [0.05, 0.1) is 10.6 Å². The number of hydrogen-bond donors (Lipinski definition) is 1. The average molecular weight is 399 g/mol. The maximum atomic E-state index is 12.7. The highest BCUT2D eigenvalue weighted by Gasteiger charge is 2.50. The zero-order chi connectivity index (χ0) is 20.2. The van der Waals surface area contributed by atoms with Crippen molar-refractivity contribution < 1.29 is 19.2 Å². The Bertz CT molecular complexity index is 848. The summed E-state index contributed by atoms with van der Waals surface area (Å²) in [7, 11) is 0. The number of nitrogens with zero attached hydrogens (tertiary/aromatic N) is 2. The molecule has 29 heavy (non-hydrogen) atoms. The molecule has 4 bridgehead atoms. The van der Waals surface area contributed by atoms with Crippen molar-refractivity contribution in [1.29, 1.82) is 0 Å². The third-order valence-corrected chi connectivity index (χ3v) is 7.22. The van der Waals surface area contributed by atoms with E-state index in [0.717, 1.165) is 17.8 Å². The molecular weight excluding hydrogens is 374 g/mol. The van der Waals surface area contributed by atoms with Gasteiger partial charge in [0.25, 0.3) is 11.6 Å². The van der Waals surface area contributed by atoms with Crippen LogP contribution in [-0.2, 0) is 9.59 Å². The normalized spacial score (nSPS) is 31.9. The van der Waals surface area contributed by atoms with Crippen LogP contribution < -0.4 is 15.0 Å². The molecule has 0 atom stereocenters. The van der Waals surface area contributed by atoms with E-state index in [1.165, 1.54) is 61.6 Å². The van der Waals surface area contributed by atoms with Crippen LogP contribution in [0.1, 0.15) is 38.5 Å². The number of anilines is 1. The molecule has 8 nitrogen and oxygen atoms in total. The van der Waals surface area contributed by atoms with Crippen molar-refractivity contribution in [1.82, 2.24) is 5.32 Å². The van der Waals surface area contributed by atoms with E-state index in [1.807, 2.05) is 0 Å². The van der Waals surface area contributed by atoms with Gasteiger partial charge in [0.15, 0.2) is 6.61 Å². The Morgan fingerprint density at radius 3 is 2.48 bits per heavy atom. The van der Waals surface area contributed by atoms with Crippen molar-refractivity contribution in [2.75, 3.05) is 24.6 Å². The second-order valence-corrected chi connectivity index (χ2v) is 9.37. The van der Waals surface area contributed by atoms with Gasteiger partial charge in [-0.15, -0.1) is 0 Å². The number of carbonyl (C=O) groups excluding carboxylic acids is 2. The minimum Gasteiger partial charge on any atom is -0.482 e. The Labute approximate surface area is 168 Å². The lowest BCUT2D eigenvalue weighted by Gasteiger charge is -2.56. The van der Waals surface area contributed by atoms with E-state index in [-0.39, 0.29) is 41.8 Å². The van der Waals surface area contributed by atoms with Gasteiger partial charge in [-0.3, -0.25) is 24.6 Å². The highest BCUT2D eigenvalue weighted by Crippen LogP contribution is 2.59. The zero-order valence-corrected chi connectivity index (χ0v) is 16.3. The molecule has 0 unspecified atom stereocenters. The number of carbonyl (C=O) groups is 2. The van der Waals surface area contributed by atoms with E-state index in [1.54, 1.807) is 0 Å². The number of ether oxygens (including phenoxy) is 1.